The Hall–Kier alpha value is -3.12. The lowest BCUT2D eigenvalue weighted by Gasteiger charge is -2.21. The number of aromatic nitrogens is 2. The molecule has 0 unspecified atom stereocenters. The van der Waals surface area contributed by atoms with Gasteiger partial charge in [0, 0.05) is 29.6 Å². The number of nitrogens with one attached hydrogen (secondary N) is 1. The van der Waals surface area contributed by atoms with Gasteiger partial charge in [0.25, 0.3) is 5.91 Å². The molecule has 0 radical (unpaired) electrons. The van der Waals surface area contributed by atoms with Crippen LogP contribution >= 0.6 is 11.6 Å². The molecule has 1 N–H and O–H groups in total. The zero-order valence-electron chi connectivity index (χ0n) is 15.9. The highest BCUT2D eigenvalue weighted by atomic mass is 35.5. The number of methoxy groups -OCH3 is 1. The van der Waals surface area contributed by atoms with Gasteiger partial charge in [0.15, 0.2) is 0 Å². The Bertz CT molecular complexity index is 976. The predicted molar refractivity (Wildman–Crippen MR) is 112 cm³/mol. The molecule has 0 spiro atoms. The van der Waals surface area contributed by atoms with Crippen molar-refractivity contribution in [2.24, 2.45) is 0 Å². The summed E-state index contributed by atoms with van der Waals surface area (Å²) in [6.07, 6.45) is 3.01. The van der Waals surface area contributed by atoms with Gasteiger partial charge in [-0.15, -0.1) is 0 Å². The van der Waals surface area contributed by atoms with Crippen LogP contribution in [-0.4, -0.2) is 29.5 Å². The van der Waals surface area contributed by atoms with Crippen molar-refractivity contribution < 1.29 is 9.53 Å². The number of carbonyl (C=O) groups excluding carboxylic acids is 1. The Kier molecular flexibility index (Phi) is 6.11. The lowest BCUT2D eigenvalue weighted by atomic mass is 10.2. The van der Waals surface area contributed by atoms with Crippen LogP contribution in [0.5, 0.6) is 5.75 Å². The Morgan fingerprint density at radius 1 is 1.18 bits per heavy atom. The van der Waals surface area contributed by atoms with E-state index in [0.717, 1.165) is 11.3 Å². The fourth-order valence-electron chi connectivity index (χ4n) is 2.79. The van der Waals surface area contributed by atoms with E-state index in [1.165, 1.54) is 19.5 Å². The second-order valence-electron chi connectivity index (χ2n) is 6.15. The van der Waals surface area contributed by atoms with Crippen LogP contribution in [0.1, 0.15) is 22.8 Å². The largest absolute Gasteiger partial charge is 0.495 e. The number of carbonyl (C=O) groups is 1. The van der Waals surface area contributed by atoms with Gasteiger partial charge in [-0.25, -0.2) is 9.97 Å². The van der Waals surface area contributed by atoms with E-state index < -0.39 is 0 Å². The van der Waals surface area contributed by atoms with Crippen molar-refractivity contribution in [2.75, 3.05) is 23.9 Å². The zero-order chi connectivity index (χ0) is 20.1. The third-order valence-corrected chi connectivity index (χ3v) is 4.42. The molecule has 28 heavy (non-hydrogen) atoms. The molecule has 7 heteroatoms. The van der Waals surface area contributed by atoms with Crippen molar-refractivity contribution in [1.29, 1.82) is 0 Å². The van der Waals surface area contributed by atoms with Crippen LogP contribution in [0.3, 0.4) is 0 Å². The summed E-state index contributed by atoms with van der Waals surface area (Å²) in [6, 6.07) is 13.1. The maximum Gasteiger partial charge on any atom is 0.258 e. The lowest BCUT2D eigenvalue weighted by molar-refractivity contribution is 0.102. The highest BCUT2D eigenvalue weighted by Gasteiger charge is 2.14. The Morgan fingerprint density at radius 2 is 1.93 bits per heavy atom. The summed E-state index contributed by atoms with van der Waals surface area (Å²) in [5.74, 6) is 0.711. The summed E-state index contributed by atoms with van der Waals surface area (Å²) in [7, 11) is 1.53. The SMILES string of the molecule is CCN(c1cccc(C)c1)c1ncc(C(=O)Nc2cc(Cl)ccc2OC)cn1. The fraction of sp³-hybridized carbons (Fsp3) is 0.190. The van der Waals surface area contributed by atoms with Crippen molar-refractivity contribution in [3.63, 3.8) is 0 Å². The number of halogens is 1. The number of nitrogens with zero attached hydrogens (tertiary/aromatic N) is 3. The molecule has 0 bridgehead atoms. The molecule has 6 nitrogen and oxygen atoms in total. The van der Waals surface area contributed by atoms with E-state index in [9.17, 15) is 4.79 Å². The lowest BCUT2D eigenvalue weighted by Crippen LogP contribution is -2.20. The van der Waals surface area contributed by atoms with Gasteiger partial charge < -0.3 is 15.0 Å². The average molecular weight is 397 g/mol. The van der Waals surface area contributed by atoms with Crippen LogP contribution in [0, 0.1) is 6.92 Å². The molecule has 2 aromatic carbocycles. The van der Waals surface area contributed by atoms with Crippen LogP contribution < -0.4 is 15.0 Å². The van der Waals surface area contributed by atoms with Crippen molar-refractivity contribution >= 4 is 34.8 Å². The van der Waals surface area contributed by atoms with E-state index in [1.807, 2.05) is 36.9 Å². The molecule has 0 saturated heterocycles. The summed E-state index contributed by atoms with van der Waals surface area (Å²) < 4.78 is 5.25. The van der Waals surface area contributed by atoms with Crippen LogP contribution in [0.25, 0.3) is 0 Å². The summed E-state index contributed by atoms with van der Waals surface area (Å²) in [4.78, 5) is 23.3. The topological polar surface area (TPSA) is 67.4 Å². The molecule has 1 aromatic heterocycles. The number of rotatable bonds is 6. The van der Waals surface area contributed by atoms with Gasteiger partial charge >= 0.3 is 0 Å². The first-order valence-corrected chi connectivity index (χ1v) is 9.20. The normalized spacial score (nSPS) is 10.4. The minimum Gasteiger partial charge on any atom is -0.495 e. The van der Waals surface area contributed by atoms with Crippen molar-refractivity contribution in [3.8, 4) is 5.75 Å². The predicted octanol–water partition coefficient (Wildman–Crippen LogP) is 4.86. The van der Waals surface area contributed by atoms with E-state index in [0.29, 0.717) is 34.5 Å². The molecule has 0 aliphatic carbocycles. The molecular weight excluding hydrogens is 376 g/mol. The molecule has 0 saturated carbocycles. The third-order valence-electron chi connectivity index (χ3n) is 4.18. The van der Waals surface area contributed by atoms with Crippen LogP contribution in [-0.2, 0) is 0 Å². The Balaban J connectivity index is 1.80. The maximum absolute atomic E-state index is 12.6. The van der Waals surface area contributed by atoms with Gasteiger partial charge in [0.1, 0.15) is 5.75 Å². The second-order valence-corrected chi connectivity index (χ2v) is 6.59. The van der Waals surface area contributed by atoms with Crippen molar-refractivity contribution in [3.05, 3.63) is 71.0 Å². The van der Waals surface area contributed by atoms with E-state index in [1.54, 1.807) is 18.2 Å². The summed E-state index contributed by atoms with van der Waals surface area (Å²) in [5.41, 5.74) is 2.98. The molecule has 0 aliphatic heterocycles. The zero-order valence-corrected chi connectivity index (χ0v) is 16.7. The van der Waals surface area contributed by atoms with Gasteiger partial charge in [-0.05, 0) is 49.7 Å². The first-order chi connectivity index (χ1) is 13.5. The van der Waals surface area contributed by atoms with Gasteiger partial charge in [0.05, 0.1) is 18.4 Å². The van der Waals surface area contributed by atoms with E-state index in [-0.39, 0.29) is 5.91 Å². The van der Waals surface area contributed by atoms with Crippen LogP contribution in [0.2, 0.25) is 5.02 Å². The number of hydrogen-bond acceptors (Lipinski definition) is 5. The number of benzene rings is 2. The first kappa shape index (κ1) is 19.6. The monoisotopic (exact) mass is 396 g/mol. The minimum atomic E-state index is -0.342. The Labute approximate surface area is 169 Å². The van der Waals surface area contributed by atoms with Gasteiger partial charge in [-0.1, -0.05) is 23.7 Å². The van der Waals surface area contributed by atoms with Gasteiger partial charge in [0.2, 0.25) is 5.95 Å². The molecule has 1 amide bonds. The molecule has 1 heterocycles. The van der Waals surface area contributed by atoms with E-state index in [2.05, 4.69) is 21.4 Å². The molecule has 0 aliphatic rings. The third kappa shape index (κ3) is 4.40. The molecule has 0 atom stereocenters. The summed E-state index contributed by atoms with van der Waals surface area (Å²) >= 11 is 6.01. The molecule has 3 rings (SSSR count). The number of amides is 1. The maximum atomic E-state index is 12.6. The molecule has 3 aromatic rings. The number of hydrogen-bond donors (Lipinski definition) is 1. The minimum absolute atomic E-state index is 0.339. The summed E-state index contributed by atoms with van der Waals surface area (Å²) in [5, 5.41) is 3.28. The van der Waals surface area contributed by atoms with Gasteiger partial charge in [-0.2, -0.15) is 0 Å². The van der Waals surface area contributed by atoms with Gasteiger partial charge in [-0.3, -0.25) is 4.79 Å². The number of ether oxygens (including phenoxy) is 1. The average Bonchev–Trinajstić information content (AvgIpc) is 2.69. The molecule has 144 valence electrons. The second kappa shape index (κ2) is 8.71. The number of aryl methyl sites for hydroxylation is 1. The smallest absolute Gasteiger partial charge is 0.258 e. The van der Waals surface area contributed by atoms with Crippen LogP contribution in [0.15, 0.2) is 54.9 Å². The van der Waals surface area contributed by atoms with Crippen molar-refractivity contribution in [2.45, 2.75) is 13.8 Å². The Morgan fingerprint density at radius 3 is 2.57 bits per heavy atom. The first-order valence-electron chi connectivity index (χ1n) is 8.83. The quantitative estimate of drug-likeness (QED) is 0.644. The summed E-state index contributed by atoms with van der Waals surface area (Å²) in [6.45, 7) is 4.77. The van der Waals surface area contributed by atoms with Crippen molar-refractivity contribution in [1.82, 2.24) is 9.97 Å². The highest BCUT2D eigenvalue weighted by Crippen LogP contribution is 2.28. The van der Waals surface area contributed by atoms with E-state index in [4.69, 9.17) is 16.3 Å². The standard InChI is InChI=1S/C21H21ClN4O2/c1-4-26(17-7-5-6-14(2)10-17)21-23-12-15(13-24-21)20(27)25-18-11-16(22)8-9-19(18)28-3/h5-13H,4H2,1-3H3,(H,25,27). The van der Waals surface area contributed by atoms with E-state index >= 15 is 0 Å². The molecular formula is C21H21ClN4O2. The number of anilines is 3. The molecule has 0 fully saturated rings. The fourth-order valence-corrected chi connectivity index (χ4v) is 2.96. The van der Waals surface area contributed by atoms with Crippen LogP contribution in [0.4, 0.5) is 17.3 Å². The highest BCUT2D eigenvalue weighted by molar-refractivity contribution is 6.31.